The van der Waals surface area contributed by atoms with Gasteiger partial charge in [-0.3, -0.25) is 0 Å². The van der Waals surface area contributed by atoms with Crippen LogP contribution in [0.4, 0.5) is 0 Å². The highest BCUT2D eigenvalue weighted by molar-refractivity contribution is 4.81. The fraction of sp³-hybridized carbons (Fsp3) is 0.900. The predicted octanol–water partition coefficient (Wildman–Crippen LogP) is 6.80. The minimum atomic E-state index is 0.356. The Bertz CT molecular complexity index is 198. The van der Waals surface area contributed by atoms with Crippen molar-refractivity contribution in [1.82, 2.24) is 0 Å². The molecule has 0 saturated carbocycles. The van der Waals surface area contributed by atoms with E-state index >= 15 is 0 Å². The van der Waals surface area contributed by atoms with Crippen molar-refractivity contribution in [3.05, 3.63) is 12.2 Å². The Kier molecular flexibility index (Phi) is 19.4. The molecule has 0 unspecified atom stereocenters. The molecule has 0 aliphatic carbocycles. The summed E-state index contributed by atoms with van der Waals surface area (Å²) in [6, 6.07) is 0. The monoisotopic (exact) mass is 296 g/mol. The lowest BCUT2D eigenvalue weighted by atomic mass is 10.1. The summed E-state index contributed by atoms with van der Waals surface area (Å²) in [6.07, 6.45) is 26.2. The number of rotatable bonds is 17. The van der Waals surface area contributed by atoms with E-state index in [2.05, 4.69) is 19.1 Å². The smallest absolute Gasteiger partial charge is 0.0431 e. The molecule has 1 nitrogen and oxygen atoms in total. The second kappa shape index (κ2) is 19.7. The molecule has 0 aromatic rings. The van der Waals surface area contributed by atoms with Gasteiger partial charge in [0.05, 0.1) is 0 Å². The van der Waals surface area contributed by atoms with Crippen molar-refractivity contribution >= 4 is 0 Å². The highest BCUT2D eigenvalue weighted by atomic mass is 16.2. The summed E-state index contributed by atoms with van der Waals surface area (Å²) in [5.41, 5.74) is 0. The van der Waals surface area contributed by atoms with Crippen LogP contribution in [-0.4, -0.2) is 11.7 Å². The van der Waals surface area contributed by atoms with E-state index in [9.17, 15) is 0 Å². The topological polar surface area (TPSA) is 20.2 Å². The molecule has 0 spiro atoms. The maximum Gasteiger partial charge on any atom is 0.0431 e. The van der Waals surface area contributed by atoms with Crippen LogP contribution in [0.25, 0.3) is 0 Å². The second-order valence-electron chi connectivity index (χ2n) is 6.37. The van der Waals surface area contributed by atoms with E-state index < -0.39 is 0 Å². The molecule has 0 aromatic heterocycles. The molecular formula is C20H40O. The molecule has 0 radical (unpaired) electrons. The third kappa shape index (κ3) is 19.7. The first kappa shape index (κ1) is 20.7. The van der Waals surface area contributed by atoms with Crippen molar-refractivity contribution in [2.24, 2.45) is 0 Å². The van der Waals surface area contributed by atoms with E-state index in [0.29, 0.717) is 6.61 Å². The van der Waals surface area contributed by atoms with E-state index in [1.54, 1.807) is 0 Å². The van der Waals surface area contributed by atoms with Gasteiger partial charge in [0.15, 0.2) is 0 Å². The van der Waals surface area contributed by atoms with Crippen molar-refractivity contribution in [3.63, 3.8) is 0 Å². The van der Waals surface area contributed by atoms with Crippen LogP contribution in [0.15, 0.2) is 12.2 Å². The molecule has 0 aromatic carbocycles. The third-order valence-electron chi connectivity index (χ3n) is 4.17. The molecule has 0 rings (SSSR count). The molecule has 0 heterocycles. The van der Waals surface area contributed by atoms with Crippen LogP contribution in [0, 0.1) is 0 Å². The van der Waals surface area contributed by atoms with Crippen LogP contribution in [0.3, 0.4) is 0 Å². The minimum Gasteiger partial charge on any atom is -0.396 e. The quantitative estimate of drug-likeness (QED) is 0.231. The summed E-state index contributed by atoms with van der Waals surface area (Å²) in [6.45, 7) is 2.64. The predicted molar refractivity (Wildman–Crippen MR) is 95.8 cm³/mol. The summed E-state index contributed by atoms with van der Waals surface area (Å²) in [4.78, 5) is 0. The number of aliphatic hydroxyl groups excluding tert-OH is 1. The summed E-state index contributed by atoms with van der Waals surface area (Å²) in [5, 5.41) is 8.68. The van der Waals surface area contributed by atoms with Crippen molar-refractivity contribution < 1.29 is 5.11 Å². The van der Waals surface area contributed by atoms with Crippen molar-refractivity contribution in [2.75, 3.05) is 6.61 Å². The molecule has 0 atom stereocenters. The van der Waals surface area contributed by atoms with Gasteiger partial charge in [-0.05, 0) is 32.1 Å². The zero-order valence-electron chi connectivity index (χ0n) is 14.6. The Morgan fingerprint density at radius 2 is 0.905 bits per heavy atom. The first-order chi connectivity index (χ1) is 10.4. The van der Waals surface area contributed by atoms with Gasteiger partial charge in [0.2, 0.25) is 0 Å². The lowest BCUT2D eigenvalue weighted by Gasteiger charge is -2.01. The standard InChI is InChI=1S/C20H40O/c1-2-3-4-5-6-7-8-9-10-11-12-13-14-15-16-17-18-19-20-21/h13-14,21H,2-12,15-20H2,1H3/b14-13+. The van der Waals surface area contributed by atoms with Crippen LogP contribution >= 0.6 is 0 Å². The summed E-state index contributed by atoms with van der Waals surface area (Å²) < 4.78 is 0. The molecule has 0 fully saturated rings. The molecule has 0 saturated heterocycles. The van der Waals surface area contributed by atoms with E-state index in [0.717, 1.165) is 6.42 Å². The van der Waals surface area contributed by atoms with Crippen LogP contribution in [-0.2, 0) is 0 Å². The SMILES string of the molecule is CCCCCCCCCCCC/C=C/CCCCCCO. The molecule has 21 heavy (non-hydrogen) atoms. The van der Waals surface area contributed by atoms with Gasteiger partial charge in [-0.2, -0.15) is 0 Å². The Labute approximate surface area is 134 Å². The number of aliphatic hydroxyl groups is 1. The van der Waals surface area contributed by atoms with Crippen LogP contribution in [0.2, 0.25) is 0 Å². The van der Waals surface area contributed by atoms with E-state index in [1.165, 1.54) is 96.3 Å². The van der Waals surface area contributed by atoms with Gasteiger partial charge in [0, 0.05) is 6.61 Å². The van der Waals surface area contributed by atoms with Crippen molar-refractivity contribution in [1.29, 1.82) is 0 Å². The number of hydrogen-bond donors (Lipinski definition) is 1. The largest absolute Gasteiger partial charge is 0.396 e. The molecule has 126 valence electrons. The first-order valence-electron chi connectivity index (χ1n) is 9.67. The Balaban J connectivity index is 3.01. The molecule has 1 heteroatoms. The van der Waals surface area contributed by atoms with Gasteiger partial charge in [-0.1, -0.05) is 89.7 Å². The number of unbranched alkanes of at least 4 members (excludes halogenated alkanes) is 14. The summed E-state index contributed by atoms with van der Waals surface area (Å²) in [5.74, 6) is 0. The average Bonchev–Trinajstić information content (AvgIpc) is 2.50. The van der Waals surface area contributed by atoms with Gasteiger partial charge in [-0.15, -0.1) is 0 Å². The van der Waals surface area contributed by atoms with Crippen LogP contribution < -0.4 is 0 Å². The molecular weight excluding hydrogens is 256 g/mol. The van der Waals surface area contributed by atoms with Crippen molar-refractivity contribution in [3.8, 4) is 0 Å². The normalized spacial score (nSPS) is 11.5. The van der Waals surface area contributed by atoms with Gasteiger partial charge in [0.25, 0.3) is 0 Å². The molecule has 0 amide bonds. The lowest BCUT2D eigenvalue weighted by molar-refractivity contribution is 0.282. The number of hydrogen-bond acceptors (Lipinski definition) is 1. The molecule has 1 N–H and O–H groups in total. The molecule has 0 aliphatic rings. The highest BCUT2D eigenvalue weighted by Gasteiger charge is 1.92. The van der Waals surface area contributed by atoms with E-state index in [-0.39, 0.29) is 0 Å². The van der Waals surface area contributed by atoms with Crippen molar-refractivity contribution in [2.45, 2.75) is 110 Å². The van der Waals surface area contributed by atoms with E-state index in [1.807, 2.05) is 0 Å². The molecule has 0 aliphatic heterocycles. The van der Waals surface area contributed by atoms with Gasteiger partial charge >= 0.3 is 0 Å². The van der Waals surface area contributed by atoms with Gasteiger partial charge in [0.1, 0.15) is 0 Å². The second-order valence-corrected chi connectivity index (χ2v) is 6.37. The Morgan fingerprint density at radius 1 is 0.524 bits per heavy atom. The maximum atomic E-state index is 8.68. The number of allylic oxidation sites excluding steroid dienone is 2. The minimum absolute atomic E-state index is 0.356. The van der Waals surface area contributed by atoms with E-state index in [4.69, 9.17) is 5.11 Å². The van der Waals surface area contributed by atoms with Gasteiger partial charge in [-0.25, -0.2) is 0 Å². The fourth-order valence-corrected chi connectivity index (χ4v) is 2.71. The zero-order chi connectivity index (χ0) is 15.4. The fourth-order valence-electron chi connectivity index (χ4n) is 2.71. The first-order valence-corrected chi connectivity index (χ1v) is 9.67. The third-order valence-corrected chi connectivity index (χ3v) is 4.17. The van der Waals surface area contributed by atoms with Gasteiger partial charge < -0.3 is 5.11 Å². The van der Waals surface area contributed by atoms with Crippen LogP contribution in [0.1, 0.15) is 110 Å². The Morgan fingerprint density at radius 3 is 1.33 bits per heavy atom. The average molecular weight is 297 g/mol. The Hall–Kier alpha value is -0.300. The van der Waals surface area contributed by atoms with Crippen LogP contribution in [0.5, 0.6) is 0 Å². The molecule has 0 bridgehead atoms. The highest BCUT2D eigenvalue weighted by Crippen LogP contribution is 2.11. The summed E-state index contributed by atoms with van der Waals surface area (Å²) in [7, 11) is 0. The maximum absolute atomic E-state index is 8.68. The zero-order valence-corrected chi connectivity index (χ0v) is 14.6. The lowest BCUT2D eigenvalue weighted by Crippen LogP contribution is -1.82. The summed E-state index contributed by atoms with van der Waals surface area (Å²) >= 11 is 0.